The van der Waals surface area contributed by atoms with Crippen LogP contribution in [0, 0.1) is 0 Å². The maximum absolute atomic E-state index is 13.2. The Morgan fingerprint density at radius 2 is 1.89 bits per heavy atom. The molecule has 0 spiro atoms. The number of carbonyl (C=O) groups excluding carboxylic acids is 1. The number of ketones is 1. The van der Waals surface area contributed by atoms with Gasteiger partial charge in [0.1, 0.15) is 5.69 Å². The number of hydrogen-bond donors (Lipinski definition) is 3. The zero-order chi connectivity index (χ0) is 27.7. The topological polar surface area (TPSA) is 105 Å². The molecule has 0 amide bonds. The van der Waals surface area contributed by atoms with Gasteiger partial charge in [-0.2, -0.15) is 13.2 Å². The van der Waals surface area contributed by atoms with Gasteiger partial charge in [0.2, 0.25) is 5.60 Å². The maximum atomic E-state index is 13.2. The van der Waals surface area contributed by atoms with Crippen molar-refractivity contribution in [1.29, 1.82) is 0 Å². The first-order valence-electron chi connectivity index (χ1n) is 11.6. The van der Waals surface area contributed by atoms with E-state index >= 15 is 0 Å². The Kier molecular flexibility index (Phi) is 11.1. The van der Waals surface area contributed by atoms with Crippen LogP contribution in [0.4, 0.5) is 13.2 Å². The van der Waals surface area contributed by atoms with E-state index in [1.807, 2.05) is 39.0 Å². The normalized spacial score (nSPS) is 14.3. The van der Waals surface area contributed by atoms with E-state index in [9.17, 15) is 23.1 Å². The van der Waals surface area contributed by atoms with Crippen molar-refractivity contribution in [1.82, 2.24) is 9.99 Å². The maximum Gasteiger partial charge on any atom is 0.422 e. The Morgan fingerprint density at radius 3 is 2.39 bits per heavy atom. The molecule has 0 fully saturated rings. The van der Waals surface area contributed by atoms with Crippen LogP contribution in [0.25, 0.3) is 16.5 Å². The Labute approximate surface area is 210 Å². The smallest absolute Gasteiger partial charge is 0.398 e. The van der Waals surface area contributed by atoms with Crippen LogP contribution in [0.1, 0.15) is 62.7 Å². The molecule has 0 aliphatic rings. The number of halogens is 3. The summed E-state index contributed by atoms with van der Waals surface area (Å²) in [5.41, 5.74) is 4.51. The summed E-state index contributed by atoms with van der Waals surface area (Å²) in [5, 5.41) is 11.7. The number of nitrogens with two attached hydrogens (primary N) is 2. The second-order valence-electron chi connectivity index (χ2n) is 7.78. The number of hydrazine groups is 1. The highest BCUT2D eigenvalue weighted by Crippen LogP contribution is 2.37. The number of alkyl halides is 3. The van der Waals surface area contributed by atoms with E-state index in [1.54, 1.807) is 30.3 Å². The lowest BCUT2D eigenvalue weighted by Crippen LogP contribution is -2.49. The first kappa shape index (κ1) is 30.6. The molecule has 5 N–H and O–H groups in total. The molecule has 1 unspecified atom stereocenters. The van der Waals surface area contributed by atoms with E-state index in [1.165, 1.54) is 13.8 Å². The number of pyridine rings is 1. The Hall–Kier alpha value is -3.43. The summed E-state index contributed by atoms with van der Waals surface area (Å²) < 4.78 is 39.7. The zero-order valence-corrected chi connectivity index (χ0v) is 21.4. The largest absolute Gasteiger partial charge is 0.422 e. The minimum atomic E-state index is -4.95. The molecule has 36 heavy (non-hydrogen) atoms. The number of aromatic nitrogens is 1. The van der Waals surface area contributed by atoms with Gasteiger partial charge in [-0.15, -0.1) is 0 Å². The molecular formula is C27H35F3N4O2. The number of allylic oxidation sites excluding steroid dienone is 5. The highest BCUT2D eigenvalue weighted by atomic mass is 19.4. The van der Waals surface area contributed by atoms with Gasteiger partial charge in [-0.1, -0.05) is 63.8 Å². The van der Waals surface area contributed by atoms with Crippen LogP contribution >= 0.6 is 0 Å². The summed E-state index contributed by atoms with van der Waals surface area (Å²) in [6, 6.07) is 6.93. The van der Waals surface area contributed by atoms with Crippen LogP contribution in [0.15, 0.2) is 67.0 Å². The standard InChI is InChI=1S/C25H29F3N4O2.C2H6/c1-5-8-9-18(6-2)20-13-21(16(4)33)31-22-12-17(10-11-19(20)22)14-32(30)15-23(29)24(34,7-3)25(26,27)28;1-2/h5-6,8-13,15,34H,2,7,14,29-30H2,1,3-4H3;1-2H3/b8-5-,18-9+,23-15-;. The van der Waals surface area contributed by atoms with Gasteiger partial charge in [0.25, 0.3) is 0 Å². The van der Waals surface area contributed by atoms with Crippen LogP contribution in [-0.2, 0) is 6.54 Å². The van der Waals surface area contributed by atoms with Crippen LogP contribution in [0.3, 0.4) is 0 Å². The lowest BCUT2D eigenvalue weighted by Gasteiger charge is -2.30. The van der Waals surface area contributed by atoms with Gasteiger partial charge in [-0.3, -0.25) is 4.79 Å². The molecular weight excluding hydrogens is 469 g/mol. The molecule has 1 heterocycles. The number of fused-ring (bicyclic) bond motifs is 1. The molecule has 196 valence electrons. The number of hydrogen-bond acceptors (Lipinski definition) is 6. The fraction of sp³-hybridized carbons (Fsp3) is 0.333. The second-order valence-corrected chi connectivity index (χ2v) is 7.78. The second kappa shape index (κ2) is 13.0. The molecule has 0 aliphatic carbocycles. The molecule has 0 saturated heterocycles. The number of nitrogens with zero attached hydrogens (tertiary/aromatic N) is 2. The van der Waals surface area contributed by atoms with Crippen molar-refractivity contribution >= 4 is 22.3 Å². The van der Waals surface area contributed by atoms with Gasteiger partial charge in [0.05, 0.1) is 17.8 Å². The average Bonchev–Trinajstić information content (AvgIpc) is 2.83. The molecule has 0 aliphatic heterocycles. The molecule has 0 saturated carbocycles. The Bertz CT molecular complexity index is 1170. The number of aliphatic hydroxyl groups is 1. The number of rotatable bonds is 9. The minimum Gasteiger partial charge on any atom is -0.398 e. The summed E-state index contributed by atoms with van der Waals surface area (Å²) in [5.74, 6) is 5.65. The molecule has 1 aromatic heterocycles. The quantitative estimate of drug-likeness (QED) is 0.173. The predicted octanol–water partition coefficient (Wildman–Crippen LogP) is 5.79. The molecule has 1 atom stereocenters. The molecule has 9 heteroatoms. The van der Waals surface area contributed by atoms with Crippen molar-refractivity contribution in [3.05, 3.63) is 83.9 Å². The molecule has 2 aromatic rings. The lowest BCUT2D eigenvalue weighted by atomic mass is 9.96. The van der Waals surface area contributed by atoms with Gasteiger partial charge in [-0.25, -0.2) is 10.8 Å². The fourth-order valence-electron chi connectivity index (χ4n) is 3.37. The molecule has 1 aromatic carbocycles. The Balaban J connectivity index is 0.00000316. The van der Waals surface area contributed by atoms with Gasteiger partial charge in [0, 0.05) is 18.5 Å². The van der Waals surface area contributed by atoms with Crippen molar-refractivity contribution in [2.24, 2.45) is 11.6 Å². The van der Waals surface area contributed by atoms with Gasteiger partial charge >= 0.3 is 6.18 Å². The fourth-order valence-corrected chi connectivity index (χ4v) is 3.37. The van der Waals surface area contributed by atoms with Crippen molar-refractivity contribution in [3.8, 4) is 0 Å². The monoisotopic (exact) mass is 504 g/mol. The van der Waals surface area contributed by atoms with E-state index in [0.29, 0.717) is 11.1 Å². The molecule has 2 rings (SSSR count). The van der Waals surface area contributed by atoms with Gasteiger partial charge in [0.15, 0.2) is 5.78 Å². The third kappa shape index (κ3) is 7.05. The van der Waals surface area contributed by atoms with Gasteiger partial charge < -0.3 is 15.8 Å². The van der Waals surface area contributed by atoms with Crippen LogP contribution in [0.5, 0.6) is 0 Å². The highest BCUT2D eigenvalue weighted by molar-refractivity contribution is 6.00. The Morgan fingerprint density at radius 1 is 1.25 bits per heavy atom. The van der Waals surface area contributed by atoms with E-state index in [2.05, 4.69) is 11.6 Å². The average molecular weight is 505 g/mol. The first-order chi connectivity index (χ1) is 16.9. The van der Waals surface area contributed by atoms with E-state index < -0.39 is 23.9 Å². The third-order valence-corrected chi connectivity index (χ3v) is 5.36. The van der Waals surface area contributed by atoms with E-state index in [4.69, 9.17) is 11.6 Å². The van der Waals surface area contributed by atoms with Crippen LogP contribution in [-0.4, -0.2) is 32.7 Å². The number of Topliss-reactive ketones (excluding diaryl/α,β-unsaturated/α-hetero) is 1. The summed E-state index contributed by atoms with van der Waals surface area (Å²) in [6.07, 6.45) is 2.52. The summed E-state index contributed by atoms with van der Waals surface area (Å²) in [7, 11) is 0. The van der Waals surface area contributed by atoms with Gasteiger partial charge in [-0.05, 0) is 42.2 Å². The lowest BCUT2D eigenvalue weighted by molar-refractivity contribution is -0.245. The number of benzene rings is 1. The highest BCUT2D eigenvalue weighted by Gasteiger charge is 2.54. The zero-order valence-electron chi connectivity index (χ0n) is 21.4. The summed E-state index contributed by atoms with van der Waals surface area (Å²) in [4.78, 5) is 16.5. The number of carbonyl (C=O) groups is 1. The van der Waals surface area contributed by atoms with E-state index in [0.717, 1.165) is 27.7 Å². The van der Waals surface area contributed by atoms with E-state index in [-0.39, 0.29) is 18.0 Å². The third-order valence-electron chi connectivity index (χ3n) is 5.36. The summed E-state index contributed by atoms with van der Waals surface area (Å²) in [6.45, 7) is 12.3. The molecule has 6 nitrogen and oxygen atoms in total. The van der Waals surface area contributed by atoms with Crippen molar-refractivity contribution in [2.45, 2.75) is 59.4 Å². The van der Waals surface area contributed by atoms with Crippen LogP contribution in [0.2, 0.25) is 0 Å². The minimum absolute atomic E-state index is 0.0155. The van der Waals surface area contributed by atoms with Crippen molar-refractivity contribution in [2.75, 3.05) is 0 Å². The molecule has 0 bridgehead atoms. The van der Waals surface area contributed by atoms with Crippen molar-refractivity contribution < 1.29 is 23.1 Å². The summed E-state index contributed by atoms with van der Waals surface area (Å²) >= 11 is 0. The SMILES string of the molecule is C=C/C(=C\C=C/C)c1cc(C(C)=O)nc2cc(CN(N)/C=C(\N)C(O)(CC)C(F)(F)F)ccc12.CC. The van der Waals surface area contributed by atoms with Crippen molar-refractivity contribution in [3.63, 3.8) is 0 Å². The first-order valence-corrected chi connectivity index (χ1v) is 11.6. The molecule has 0 radical (unpaired) electrons. The predicted molar refractivity (Wildman–Crippen MR) is 139 cm³/mol. The van der Waals surface area contributed by atoms with Crippen LogP contribution < -0.4 is 11.6 Å².